The first-order chi connectivity index (χ1) is 10.7. The minimum Gasteiger partial charge on any atom is -0.465 e. The highest BCUT2D eigenvalue weighted by molar-refractivity contribution is 8.00. The maximum atomic E-state index is 12.1. The van der Waals surface area contributed by atoms with Crippen molar-refractivity contribution in [3.8, 4) is 0 Å². The number of fused-ring (bicyclic) bond motifs is 1. The number of aryl methyl sites for hydroxylation is 1. The number of benzene rings is 1. The molecule has 0 aliphatic heterocycles. The molecule has 0 spiro atoms. The molecule has 0 unspecified atom stereocenters. The van der Waals surface area contributed by atoms with Crippen LogP contribution < -0.4 is 4.72 Å². The van der Waals surface area contributed by atoms with Gasteiger partial charge in [0.15, 0.2) is 0 Å². The fraction of sp³-hybridized carbons (Fsp3) is 0.312. The lowest BCUT2D eigenvalue weighted by Crippen LogP contribution is -2.08. The second kappa shape index (κ2) is 6.94. The summed E-state index contributed by atoms with van der Waals surface area (Å²) in [7, 11) is 1.44. The molecule has 0 radical (unpaired) electrons. The molecule has 0 atom stereocenters. The van der Waals surface area contributed by atoms with E-state index >= 15 is 0 Å². The molecular weight excluding hydrogens is 338 g/mol. The molecule has 0 amide bonds. The van der Waals surface area contributed by atoms with Crippen LogP contribution >= 0.6 is 34.9 Å². The van der Waals surface area contributed by atoms with Crippen LogP contribution in [0, 0.1) is 0 Å². The van der Waals surface area contributed by atoms with E-state index in [1.165, 1.54) is 35.9 Å². The predicted molar refractivity (Wildman–Crippen MR) is 93.2 cm³/mol. The van der Waals surface area contributed by atoms with Gasteiger partial charge in [-0.25, -0.2) is 4.79 Å². The van der Waals surface area contributed by atoms with Gasteiger partial charge in [0, 0.05) is 14.8 Å². The summed E-state index contributed by atoms with van der Waals surface area (Å²) in [5.41, 5.74) is 1.88. The highest BCUT2D eigenvalue weighted by Crippen LogP contribution is 2.40. The van der Waals surface area contributed by atoms with Gasteiger partial charge in [0.25, 0.3) is 0 Å². The van der Waals surface area contributed by atoms with Crippen molar-refractivity contribution < 1.29 is 9.53 Å². The number of rotatable bonds is 4. The van der Waals surface area contributed by atoms with Crippen molar-refractivity contribution in [2.75, 3.05) is 11.8 Å². The van der Waals surface area contributed by atoms with Gasteiger partial charge in [-0.2, -0.15) is 0 Å². The molecule has 0 bridgehead atoms. The van der Waals surface area contributed by atoms with Crippen LogP contribution in [0.25, 0.3) is 0 Å². The molecule has 0 fully saturated rings. The number of carbonyl (C=O) groups is 1. The quantitative estimate of drug-likeness (QED) is 0.606. The molecule has 6 heteroatoms. The lowest BCUT2D eigenvalue weighted by molar-refractivity contribution is 0.0601. The highest BCUT2D eigenvalue weighted by atomic mass is 35.5. The Morgan fingerprint density at radius 3 is 2.73 bits per heavy atom. The van der Waals surface area contributed by atoms with E-state index in [2.05, 4.69) is 4.72 Å². The fourth-order valence-corrected chi connectivity index (χ4v) is 4.69. The Morgan fingerprint density at radius 1 is 1.27 bits per heavy atom. The minimum absolute atomic E-state index is 0.251. The first-order valence-corrected chi connectivity index (χ1v) is 9.11. The summed E-state index contributed by atoms with van der Waals surface area (Å²) >= 11 is 9.05. The summed E-state index contributed by atoms with van der Waals surface area (Å²) in [6, 6.07) is 7.61. The second-order valence-electron chi connectivity index (χ2n) is 5.06. The number of thiophene rings is 1. The topological polar surface area (TPSA) is 38.3 Å². The van der Waals surface area contributed by atoms with E-state index in [0.29, 0.717) is 10.6 Å². The van der Waals surface area contributed by atoms with Gasteiger partial charge in [0.1, 0.15) is 5.00 Å². The van der Waals surface area contributed by atoms with Crippen LogP contribution in [-0.2, 0) is 17.6 Å². The van der Waals surface area contributed by atoms with Crippen molar-refractivity contribution in [1.29, 1.82) is 0 Å². The fourth-order valence-electron chi connectivity index (χ4n) is 2.56. The van der Waals surface area contributed by atoms with E-state index in [-0.39, 0.29) is 5.97 Å². The Labute approximate surface area is 143 Å². The molecule has 1 aliphatic rings. The van der Waals surface area contributed by atoms with Gasteiger partial charge in [0.2, 0.25) is 0 Å². The smallest absolute Gasteiger partial charge is 0.341 e. The average Bonchev–Trinajstić information content (AvgIpc) is 2.92. The van der Waals surface area contributed by atoms with Crippen LogP contribution in [0.1, 0.15) is 33.6 Å². The summed E-state index contributed by atoms with van der Waals surface area (Å²) in [6.45, 7) is 0. The Bertz CT molecular complexity index is 682. The first kappa shape index (κ1) is 15.7. The summed E-state index contributed by atoms with van der Waals surface area (Å²) < 4.78 is 8.28. The van der Waals surface area contributed by atoms with E-state index in [9.17, 15) is 4.79 Å². The van der Waals surface area contributed by atoms with E-state index in [0.717, 1.165) is 29.2 Å². The molecule has 1 N–H and O–H groups in total. The molecule has 22 heavy (non-hydrogen) atoms. The lowest BCUT2D eigenvalue weighted by atomic mass is 9.95. The number of carbonyl (C=O) groups excluding carboxylic acids is 1. The van der Waals surface area contributed by atoms with Crippen molar-refractivity contribution in [1.82, 2.24) is 0 Å². The van der Waals surface area contributed by atoms with Gasteiger partial charge in [-0.1, -0.05) is 11.6 Å². The zero-order valence-corrected chi connectivity index (χ0v) is 14.5. The Kier molecular flexibility index (Phi) is 4.96. The van der Waals surface area contributed by atoms with Crippen molar-refractivity contribution in [2.24, 2.45) is 0 Å². The molecule has 0 saturated heterocycles. The number of hydrogen-bond donors (Lipinski definition) is 1. The summed E-state index contributed by atoms with van der Waals surface area (Å²) in [5, 5.41) is 1.60. The van der Waals surface area contributed by atoms with E-state index in [4.69, 9.17) is 16.3 Å². The molecule has 3 nitrogen and oxygen atoms in total. The largest absolute Gasteiger partial charge is 0.465 e. The normalized spacial score (nSPS) is 13.5. The predicted octanol–water partition coefficient (Wildman–Crippen LogP) is 5.19. The van der Waals surface area contributed by atoms with E-state index in [1.807, 2.05) is 24.3 Å². The van der Waals surface area contributed by atoms with Gasteiger partial charge in [-0.15, -0.1) is 11.3 Å². The average molecular weight is 354 g/mol. The number of methoxy groups -OCH3 is 1. The van der Waals surface area contributed by atoms with Crippen LogP contribution in [-0.4, -0.2) is 13.1 Å². The van der Waals surface area contributed by atoms with Crippen LogP contribution in [0.4, 0.5) is 5.00 Å². The maximum absolute atomic E-state index is 12.1. The Hall–Kier alpha value is -1.17. The number of nitrogens with one attached hydrogen (secondary N) is 1. The van der Waals surface area contributed by atoms with Gasteiger partial charge in [-0.05, 0) is 67.5 Å². The van der Waals surface area contributed by atoms with E-state index in [1.54, 1.807) is 11.3 Å². The number of anilines is 1. The SMILES string of the molecule is COC(=O)c1c(NSc2ccc(Cl)cc2)sc2c1CCCC2. The molecule has 1 aromatic carbocycles. The molecule has 3 rings (SSSR count). The number of esters is 1. The summed E-state index contributed by atoms with van der Waals surface area (Å²) in [5.74, 6) is -0.251. The lowest BCUT2D eigenvalue weighted by Gasteiger charge is -2.11. The van der Waals surface area contributed by atoms with Crippen molar-refractivity contribution >= 4 is 45.9 Å². The summed E-state index contributed by atoms with van der Waals surface area (Å²) in [6.07, 6.45) is 4.34. The standard InChI is InChI=1S/C16H16ClNO2S2/c1-20-16(19)14-12-4-2-3-5-13(12)21-15(14)18-22-11-8-6-10(17)7-9-11/h6-9,18H,2-5H2,1H3. The zero-order valence-electron chi connectivity index (χ0n) is 12.1. The van der Waals surface area contributed by atoms with Crippen molar-refractivity contribution in [2.45, 2.75) is 30.6 Å². The third kappa shape index (κ3) is 3.26. The third-order valence-corrected chi connectivity index (χ3v) is 6.04. The van der Waals surface area contributed by atoms with Crippen LogP contribution in [0.15, 0.2) is 29.2 Å². The Morgan fingerprint density at radius 2 is 2.00 bits per heavy atom. The third-order valence-electron chi connectivity index (χ3n) is 3.64. The van der Waals surface area contributed by atoms with Crippen LogP contribution in [0.2, 0.25) is 5.02 Å². The van der Waals surface area contributed by atoms with Gasteiger partial charge in [-0.3, -0.25) is 0 Å². The zero-order chi connectivity index (χ0) is 15.5. The summed E-state index contributed by atoms with van der Waals surface area (Å²) in [4.78, 5) is 14.5. The second-order valence-corrected chi connectivity index (χ2v) is 7.49. The monoisotopic (exact) mass is 353 g/mol. The minimum atomic E-state index is -0.251. The molecule has 1 aromatic heterocycles. The van der Waals surface area contributed by atoms with Crippen LogP contribution in [0.3, 0.4) is 0 Å². The molecule has 1 heterocycles. The number of ether oxygens (including phenoxy) is 1. The maximum Gasteiger partial charge on any atom is 0.341 e. The van der Waals surface area contributed by atoms with Crippen molar-refractivity contribution in [3.05, 3.63) is 45.3 Å². The van der Waals surface area contributed by atoms with Gasteiger partial charge >= 0.3 is 5.97 Å². The Balaban J connectivity index is 1.84. The van der Waals surface area contributed by atoms with E-state index < -0.39 is 0 Å². The number of halogens is 1. The molecule has 0 saturated carbocycles. The highest BCUT2D eigenvalue weighted by Gasteiger charge is 2.26. The molecule has 1 aliphatic carbocycles. The van der Waals surface area contributed by atoms with Crippen molar-refractivity contribution in [3.63, 3.8) is 0 Å². The molecule has 2 aromatic rings. The molecule has 116 valence electrons. The molecular formula is C16H16ClNO2S2. The van der Waals surface area contributed by atoms with Gasteiger partial charge < -0.3 is 9.46 Å². The number of hydrogen-bond acceptors (Lipinski definition) is 5. The van der Waals surface area contributed by atoms with Gasteiger partial charge in [0.05, 0.1) is 12.7 Å². The van der Waals surface area contributed by atoms with Crippen LogP contribution in [0.5, 0.6) is 0 Å². The first-order valence-electron chi connectivity index (χ1n) is 7.10.